The number of ether oxygens (including phenoxy) is 2. The van der Waals surface area contributed by atoms with Crippen molar-refractivity contribution in [3.63, 3.8) is 0 Å². The van der Waals surface area contributed by atoms with E-state index in [4.69, 9.17) is 9.47 Å². The van der Waals surface area contributed by atoms with Crippen molar-refractivity contribution in [2.45, 2.75) is 20.1 Å². The number of aromatic nitrogens is 2. The van der Waals surface area contributed by atoms with Crippen LogP contribution in [-0.2, 0) is 13.2 Å². The lowest BCUT2D eigenvalue weighted by atomic mass is 10.2. The van der Waals surface area contributed by atoms with Gasteiger partial charge < -0.3 is 19.8 Å². The summed E-state index contributed by atoms with van der Waals surface area (Å²) in [5.41, 5.74) is 3.41. The molecule has 4 aromatic rings. The van der Waals surface area contributed by atoms with Gasteiger partial charge in [0.1, 0.15) is 23.8 Å². The lowest BCUT2D eigenvalue weighted by molar-refractivity contribution is 0.0946. The Hall–Kier alpha value is -3.80. The van der Waals surface area contributed by atoms with E-state index in [1.807, 2.05) is 67.6 Å². The van der Waals surface area contributed by atoms with E-state index in [0.29, 0.717) is 25.5 Å². The van der Waals surface area contributed by atoms with Gasteiger partial charge in [-0.3, -0.25) is 9.78 Å². The molecule has 152 valence electrons. The number of fused-ring (bicyclic) bond motifs is 1. The van der Waals surface area contributed by atoms with Crippen LogP contribution >= 0.6 is 0 Å². The quantitative estimate of drug-likeness (QED) is 0.457. The first-order valence-electron chi connectivity index (χ1n) is 9.85. The second-order valence-electron chi connectivity index (χ2n) is 6.84. The molecule has 0 aliphatic carbocycles. The van der Waals surface area contributed by atoms with Crippen LogP contribution in [0.15, 0.2) is 73.1 Å². The molecule has 6 nitrogen and oxygen atoms in total. The van der Waals surface area contributed by atoms with E-state index in [1.54, 1.807) is 12.4 Å². The molecule has 2 aromatic heterocycles. The summed E-state index contributed by atoms with van der Waals surface area (Å²) >= 11 is 0. The van der Waals surface area contributed by atoms with Gasteiger partial charge >= 0.3 is 0 Å². The molecule has 30 heavy (non-hydrogen) atoms. The Labute approximate surface area is 174 Å². The molecule has 1 amide bonds. The molecule has 0 aliphatic heterocycles. The summed E-state index contributed by atoms with van der Waals surface area (Å²) < 4.78 is 11.3. The van der Waals surface area contributed by atoms with E-state index in [1.165, 1.54) is 0 Å². The van der Waals surface area contributed by atoms with Crippen molar-refractivity contribution in [3.8, 4) is 11.5 Å². The molecule has 0 fully saturated rings. The topological polar surface area (TPSA) is 76.2 Å². The number of H-pyrrole nitrogens is 1. The number of hydrogen-bond donors (Lipinski definition) is 2. The number of aromatic amines is 1. The summed E-state index contributed by atoms with van der Waals surface area (Å²) in [4.78, 5) is 19.7. The fraction of sp³-hybridized carbons (Fsp3) is 0.167. The zero-order valence-electron chi connectivity index (χ0n) is 16.7. The Morgan fingerprint density at radius 2 is 1.83 bits per heavy atom. The molecule has 0 aliphatic rings. The molecule has 0 saturated heterocycles. The SMILES string of the molecule is CCOc1ccc2cc(C(=O)NCc3ccc(OCc4cccnc4)cc3)[nH]c2c1. The number of amides is 1. The van der Waals surface area contributed by atoms with Gasteiger partial charge in [-0.2, -0.15) is 0 Å². The first kappa shape index (κ1) is 19.5. The zero-order chi connectivity index (χ0) is 20.8. The number of hydrogen-bond acceptors (Lipinski definition) is 4. The molecule has 0 unspecified atom stereocenters. The Balaban J connectivity index is 1.32. The summed E-state index contributed by atoms with van der Waals surface area (Å²) in [7, 11) is 0. The molecular formula is C24H23N3O3. The second kappa shape index (κ2) is 9.13. The number of carbonyl (C=O) groups excluding carboxylic acids is 1. The number of rotatable bonds is 8. The van der Waals surface area contributed by atoms with Crippen LogP contribution in [-0.4, -0.2) is 22.5 Å². The predicted octanol–water partition coefficient (Wildman–Crippen LogP) is 4.47. The van der Waals surface area contributed by atoms with Crippen LogP contribution in [0.3, 0.4) is 0 Å². The van der Waals surface area contributed by atoms with E-state index in [9.17, 15) is 4.79 Å². The number of nitrogens with one attached hydrogen (secondary N) is 2. The number of nitrogens with zero attached hydrogens (tertiary/aromatic N) is 1. The molecule has 0 bridgehead atoms. The fourth-order valence-corrected chi connectivity index (χ4v) is 3.12. The minimum absolute atomic E-state index is 0.152. The third-order valence-corrected chi connectivity index (χ3v) is 4.65. The monoisotopic (exact) mass is 401 g/mol. The summed E-state index contributed by atoms with van der Waals surface area (Å²) in [6.07, 6.45) is 3.52. The highest BCUT2D eigenvalue weighted by molar-refractivity contribution is 5.98. The van der Waals surface area contributed by atoms with E-state index >= 15 is 0 Å². The normalized spacial score (nSPS) is 10.7. The summed E-state index contributed by atoms with van der Waals surface area (Å²) in [6.45, 7) is 3.45. The molecular weight excluding hydrogens is 378 g/mol. The number of carbonyl (C=O) groups is 1. The Kier molecular flexibility index (Phi) is 5.94. The van der Waals surface area contributed by atoms with Gasteiger partial charge in [-0.25, -0.2) is 0 Å². The van der Waals surface area contributed by atoms with Gasteiger partial charge in [-0.05, 0) is 48.9 Å². The second-order valence-corrected chi connectivity index (χ2v) is 6.84. The molecule has 6 heteroatoms. The molecule has 0 saturated carbocycles. The first-order valence-corrected chi connectivity index (χ1v) is 9.85. The summed E-state index contributed by atoms with van der Waals surface area (Å²) in [5, 5.41) is 3.91. The smallest absolute Gasteiger partial charge is 0.267 e. The maximum Gasteiger partial charge on any atom is 0.267 e. The van der Waals surface area contributed by atoms with Crippen LogP contribution in [0.4, 0.5) is 0 Å². The molecule has 2 aromatic carbocycles. The van der Waals surface area contributed by atoms with Gasteiger partial charge in [-0.15, -0.1) is 0 Å². The molecule has 0 spiro atoms. The van der Waals surface area contributed by atoms with E-state index in [0.717, 1.165) is 33.5 Å². The van der Waals surface area contributed by atoms with Crippen molar-refractivity contribution >= 4 is 16.8 Å². The van der Waals surface area contributed by atoms with Gasteiger partial charge in [-0.1, -0.05) is 18.2 Å². The first-order chi connectivity index (χ1) is 14.7. The minimum atomic E-state index is -0.152. The average molecular weight is 401 g/mol. The lowest BCUT2D eigenvalue weighted by Gasteiger charge is -2.08. The van der Waals surface area contributed by atoms with E-state index in [-0.39, 0.29) is 5.91 Å². The molecule has 0 atom stereocenters. The lowest BCUT2D eigenvalue weighted by Crippen LogP contribution is -2.23. The van der Waals surface area contributed by atoms with Crippen molar-refractivity contribution in [2.24, 2.45) is 0 Å². The minimum Gasteiger partial charge on any atom is -0.494 e. The predicted molar refractivity (Wildman–Crippen MR) is 116 cm³/mol. The van der Waals surface area contributed by atoms with Crippen molar-refractivity contribution in [2.75, 3.05) is 6.61 Å². The van der Waals surface area contributed by atoms with Gasteiger partial charge in [0.2, 0.25) is 0 Å². The van der Waals surface area contributed by atoms with Gasteiger partial charge in [0, 0.05) is 41.5 Å². The molecule has 0 radical (unpaired) electrons. The van der Waals surface area contributed by atoms with Gasteiger partial charge in [0.15, 0.2) is 0 Å². The third-order valence-electron chi connectivity index (χ3n) is 4.65. The summed E-state index contributed by atoms with van der Waals surface area (Å²) in [6, 6.07) is 19.1. The van der Waals surface area contributed by atoms with Crippen LogP contribution in [0.25, 0.3) is 10.9 Å². The molecule has 2 N–H and O–H groups in total. The van der Waals surface area contributed by atoms with Crippen molar-refractivity contribution in [1.82, 2.24) is 15.3 Å². The largest absolute Gasteiger partial charge is 0.494 e. The third kappa shape index (κ3) is 4.78. The van der Waals surface area contributed by atoms with Crippen LogP contribution < -0.4 is 14.8 Å². The van der Waals surface area contributed by atoms with E-state index < -0.39 is 0 Å². The zero-order valence-corrected chi connectivity index (χ0v) is 16.7. The van der Waals surface area contributed by atoms with Gasteiger partial charge in [0.05, 0.1) is 6.61 Å². The number of pyridine rings is 1. The Morgan fingerprint density at radius 3 is 2.60 bits per heavy atom. The highest BCUT2D eigenvalue weighted by Crippen LogP contribution is 2.21. The number of benzene rings is 2. The fourth-order valence-electron chi connectivity index (χ4n) is 3.12. The van der Waals surface area contributed by atoms with Crippen molar-refractivity contribution < 1.29 is 14.3 Å². The van der Waals surface area contributed by atoms with Crippen molar-refractivity contribution in [1.29, 1.82) is 0 Å². The van der Waals surface area contributed by atoms with Crippen LogP contribution in [0.1, 0.15) is 28.5 Å². The average Bonchev–Trinajstić information content (AvgIpc) is 3.21. The maximum atomic E-state index is 12.5. The Morgan fingerprint density at radius 1 is 1.00 bits per heavy atom. The highest BCUT2D eigenvalue weighted by atomic mass is 16.5. The van der Waals surface area contributed by atoms with Crippen LogP contribution in [0, 0.1) is 0 Å². The van der Waals surface area contributed by atoms with Crippen molar-refractivity contribution in [3.05, 3.63) is 89.9 Å². The Bertz CT molecular complexity index is 1120. The molecule has 4 rings (SSSR count). The van der Waals surface area contributed by atoms with Crippen LogP contribution in [0.5, 0.6) is 11.5 Å². The molecule has 2 heterocycles. The highest BCUT2D eigenvalue weighted by Gasteiger charge is 2.10. The van der Waals surface area contributed by atoms with E-state index in [2.05, 4.69) is 15.3 Å². The maximum absolute atomic E-state index is 12.5. The standard InChI is InChI=1S/C24H23N3O3/c1-2-29-21-10-7-19-12-23(27-22(19)13-21)24(28)26-15-17-5-8-20(9-6-17)30-16-18-4-3-11-25-14-18/h3-14,27H,2,15-16H2,1H3,(H,26,28). The van der Waals surface area contributed by atoms with Gasteiger partial charge in [0.25, 0.3) is 5.91 Å². The summed E-state index contributed by atoms with van der Waals surface area (Å²) in [5.74, 6) is 1.40. The van der Waals surface area contributed by atoms with Crippen LogP contribution in [0.2, 0.25) is 0 Å².